The lowest BCUT2D eigenvalue weighted by atomic mass is 10.0. The molecular weight excluding hydrogens is 687 g/mol. The Morgan fingerprint density at radius 2 is 1.69 bits per heavy atom. The van der Waals surface area contributed by atoms with Crippen LogP contribution in [-0.2, 0) is 34.0 Å². The number of aliphatic hydroxyl groups is 1. The van der Waals surface area contributed by atoms with E-state index in [2.05, 4.69) is 20.5 Å². The van der Waals surface area contributed by atoms with Gasteiger partial charge in [-0.15, -0.1) is 0 Å². The van der Waals surface area contributed by atoms with Gasteiger partial charge in [0.1, 0.15) is 35.5 Å². The summed E-state index contributed by atoms with van der Waals surface area (Å²) < 4.78 is 27.8. The van der Waals surface area contributed by atoms with Gasteiger partial charge in [0.25, 0.3) is 5.91 Å². The van der Waals surface area contributed by atoms with Crippen molar-refractivity contribution in [2.75, 3.05) is 6.54 Å². The number of aliphatic hydroxyl groups excluding tert-OH is 1. The highest BCUT2D eigenvalue weighted by Gasteiger charge is 2.62. The molecule has 2 aromatic carbocycles. The van der Waals surface area contributed by atoms with Gasteiger partial charge in [0.2, 0.25) is 27.7 Å². The second-order valence-corrected chi connectivity index (χ2v) is 16.5. The zero-order valence-electron chi connectivity index (χ0n) is 29.1. The summed E-state index contributed by atoms with van der Waals surface area (Å²) in [6.45, 7) is 1.63. The molecule has 0 aromatic heterocycles. The average Bonchev–Trinajstić information content (AvgIpc) is 4.05. The summed E-state index contributed by atoms with van der Waals surface area (Å²) in [4.78, 5) is 62.6. The molecule has 2 heterocycles. The molecule has 3 fully saturated rings. The Morgan fingerprint density at radius 1 is 1.02 bits per heavy atom. The molecule has 5 aliphatic rings. The summed E-state index contributed by atoms with van der Waals surface area (Å²) in [5, 5.41) is 19.8. The van der Waals surface area contributed by atoms with E-state index < -0.39 is 74.7 Å². The predicted molar refractivity (Wildman–Crippen MR) is 192 cm³/mol. The fraction of sp³-hybridized carbons (Fsp3) is 0.500. The second-order valence-electron chi connectivity index (χ2n) is 14.5. The van der Waals surface area contributed by atoms with Gasteiger partial charge in [0, 0.05) is 23.5 Å². The molecule has 52 heavy (non-hydrogen) atoms. The summed E-state index contributed by atoms with van der Waals surface area (Å²) in [6.07, 6.45) is 6.26. The van der Waals surface area contributed by atoms with Gasteiger partial charge in [-0.3, -0.25) is 23.9 Å². The van der Waals surface area contributed by atoms with E-state index in [1.165, 1.54) is 4.90 Å². The number of sulfonamides is 1. The van der Waals surface area contributed by atoms with Crippen molar-refractivity contribution in [3.8, 4) is 11.1 Å². The van der Waals surface area contributed by atoms with Crippen LogP contribution in [0.25, 0.3) is 11.1 Å². The summed E-state index contributed by atoms with van der Waals surface area (Å²) in [7, 11) is -3.89. The molecule has 2 aliphatic heterocycles. The highest BCUT2D eigenvalue weighted by atomic mass is 32.2. The van der Waals surface area contributed by atoms with E-state index in [4.69, 9.17) is 4.84 Å². The van der Waals surface area contributed by atoms with Crippen molar-refractivity contribution >= 4 is 39.4 Å². The number of oxime groups is 1. The molecule has 6 atom stereocenters. The van der Waals surface area contributed by atoms with Crippen LogP contribution in [0, 0.1) is 5.92 Å². The molecule has 2 unspecified atom stereocenters. The van der Waals surface area contributed by atoms with Crippen LogP contribution in [-0.4, -0.2) is 89.4 Å². The van der Waals surface area contributed by atoms with Gasteiger partial charge in [0.15, 0.2) is 0 Å². The largest absolute Gasteiger partial charge is 0.390 e. The van der Waals surface area contributed by atoms with Gasteiger partial charge in [-0.05, 0) is 56.1 Å². The molecule has 1 saturated heterocycles. The molecule has 7 rings (SSSR count). The molecule has 0 spiro atoms. The minimum Gasteiger partial charge on any atom is -0.390 e. The Kier molecular flexibility index (Phi) is 9.96. The molecule has 13 nitrogen and oxygen atoms in total. The fourth-order valence-corrected chi connectivity index (χ4v) is 8.88. The van der Waals surface area contributed by atoms with Crippen LogP contribution in [0.1, 0.15) is 82.3 Å². The number of benzene rings is 2. The first-order valence-corrected chi connectivity index (χ1v) is 19.8. The normalized spacial score (nSPS) is 28.4. The monoisotopic (exact) mass is 731 g/mol. The Labute approximate surface area is 303 Å². The molecule has 3 aliphatic carbocycles. The van der Waals surface area contributed by atoms with Gasteiger partial charge in [-0.2, -0.15) is 0 Å². The fourth-order valence-electron chi connectivity index (χ4n) is 7.51. The van der Waals surface area contributed by atoms with Crippen LogP contribution in [0.15, 0.2) is 65.8 Å². The van der Waals surface area contributed by atoms with Gasteiger partial charge in [-0.1, -0.05) is 85.6 Å². The zero-order valence-corrected chi connectivity index (χ0v) is 29.9. The Balaban J connectivity index is 1.19. The molecule has 0 bridgehead atoms. The van der Waals surface area contributed by atoms with Crippen molar-refractivity contribution in [3.05, 3.63) is 71.8 Å². The van der Waals surface area contributed by atoms with Crippen LogP contribution in [0.2, 0.25) is 0 Å². The van der Waals surface area contributed by atoms with Gasteiger partial charge in [0.05, 0.1) is 11.8 Å². The molecule has 0 radical (unpaired) electrons. The van der Waals surface area contributed by atoms with Crippen LogP contribution in [0.4, 0.5) is 0 Å². The number of nitrogens with one attached hydrogen (secondary N) is 3. The Hall–Kier alpha value is -4.56. The van der Waals surface area contributed by atoms with E-state index in [1.807, 2.05) is 60.7 Å². The lowest BCUT2D eigenvalue weighted by molar-refractivity contribution is -0.143. The van der Waals surface area contributed by atoms with Crippen molar-refractivity contribution in [2.24, 2.45) is 11.1 Å². The molecular formula is C38H45N5O8S. The number of allylic oxidation sites excluding steroid dienone is 1. The van der Waals surface area contributed by atoms with Crippen molar-refractivity contribution in [2.45, 2.75) is 106 Å². The summed E-state index contributed by atoms with van der Waals surface area (Å²) in [5.74, 6) is -3.04. The number of carbonyl (C=O) groups excluding carboxylic acids is 4. The maximum atomic E-state index is 14.4. The van der Waals surface area contributed by atoms with Crippen molar-refractivity contribution in [3.63, 3.8) is 0 Å². The first-order valence-electron chi connectivity index (χ1n) is 18.3. The third-order valence-electron chi connectivity index (χ3n) is 10.8. The van der Waals surface area contributed by atoms with Crippen molar-refractivity contribution in [1.29, 1.82) is 0 Å². The third-order valence-corrected chi connectivity index (χ3v) is 12.6. The standard InChI is InChI=1S/C38H45N5O8S/c1-2-32(44)35(46)39-30-17-7-5-3-4-6-12-23-21-38(23,37(48)42-52(49,50)25-18-19-25)40-34(45)31-20-24(22-43(31)36(30)47)51-41-33-28-15-10-8-13-26(28)27-14-9-11-16-29(27)33/h6,8-16,23-25,30-32,44H,2-5,7,17-22H2,1H3,(H,39,46)(H,40,45)(H,42,48)/b12-6-/t23?,24-,30+,31+,32-,38?/m1/s1. The summed E-state index contributed by atoms with van der Waals surface area (Å²) in [5.41, 5.74) is 2.95. The average molecular weight is 732 g/mol. The maximum Gasteiger partial charge on any atom is 0.259 e. The molecule has 14 heteroatoms. The van der Waals surface area contributed by atoms with Crippen molar-refractivity contribution in [1.82, 2.24) is 20.3 Å². The topological polar surface area (TPSA) is 184 Å². The van der Waals surface area contributed by atoms with Crippen LogP contribution in [0.5, 0.6) is 0 Å². The van der Waals surface area contributed by atoms with E-state index in [0.29, 0.717) is 37.8 Å². The number of hydrogen-bond acceptors (Lipinski definition) is 9. The number of carbonyl (C=O) groups is 4. The van der Waals surface area contributed by atoms with E-state index in [-0.39, 0.29) is 25.8 Å². The van der Waals surface area contributed by atoms with Gasteiger partial charge < -0.3 is 25.5 Å². The predicted octanol–water partition coefficient (Wildman–Crippen LogP) is 2.66. The molecule has 4 N–H and O–H groups in total. The van der Waals surface area contributed by atoms with Crippen LogP contribution < -0.4 is 15.4 Å². The number of amides is 4. The third kappa shape index (κ3) is 7.10. The Morgan fingerprint density at radius 3 is 2.35 bits per heavy atom. The number of nitrogens with zero attached hydrogens (tertiary/aromatic N) is 2. The Bertz CT molecular complexity index is 1880. The highest BCUT2D eigenvalue weighted by Crippen LogP contribution is 2.46. The first-order chi connectivity index (χ1) is 25.0. The van der Waals surface area contributed by atoms with Gasteiger partial charge >= 0.3 is 0 Å². The zero-order chi connectivity index (χ0) is 36.6. The minimum absolute atomic E-state index is 0.0295. The molecule has 2 aromatic rings. The summed E-state index contributed by atoms with van der Waals surface area (Å²) in [6, 6.07) is 13.6. The quantitative estimate of drug-likeness (QED) is 0.201. The van der Waals surface area contributed by atoms with E-state index in [1.54, 1.807) is 6.92 Å². The first kappa shape index (κ1) is 35.8. The van der Waals surface area contributed by atoms with E-state index >= 15 is 0 Å². The lowest BCUT2D eigenvalue weighted by Crippen LogP contribution is -2.58. The highest BCUT2D eigenvalue weighted by molar-refractivity contribution is 7.91. The SMILES string of the molecule is CC[C@@H](O)C(=O)N[C@H]1CCCCC/C=C\C2CC2(C(=O)NS(=O)(=O)C2CC2)NC(=O)[C@@H]2C[C@@H](ON=C3c4ccccc4-c4ccccc43)CN2C1=O. The maximum absolute atomic E-state index is 14.4. The molecule has 276 valence electrons. The molecule has 2 saturated carbocycles. The molecule has 4 amide bonds. The van der Waals surface area contributed by atoms with E-state index in [9.17, 15) is 32.7 Å². The number of fused-ring (bicyclic) bond motifs is 5. The number of hydrogen-bond donors (Lipinski definition) is 4. The van der Waals surface area contributed by atoms with E-state index in [0.717, 1.165) is 35.1 Å². The van der Waals surface area contributed by atoms with Gasteiger partial charge in [-0.25, -0.2) is 8.42 Å². The minimum atomic E-state index is -3.89. The summed E-state index contributed by atoms with van der Waals surface area (Å²) >= 11 is 0. The van der Waals surface area contributed by atoms with Crippen LogP contribution >= 0.6 is 0 Å². The smallest absolute Gasteiger partial charge is 0.259 e. The number of rotatable bonds is 8. The van der Waals surface area contributed by atoms with Crippen LogP contribution in [0.3, 0.4) is 0 Å². The second kappa shape index (κ2) is 14.5. The lowest BCUT2D eigenvalue weighted by Gasteiger charge is -2.30. The van der Waals surface area contributed by atoms with Crippen molar-refractivity contribution < 1.29 is 37.5 Å².